The molecule has 5 heteroatoms. The molecule has 1 aliphatic heterocycles. The molecule has 0 saturated carbocycles. The van der Waals surface area contributed by atoms with E-state index in [-0.39, 0.29) is 17.9 Å². The molecule has 1 N–H and O–H groups in total. The van der Waals surface area contributed by atoms with E-state index in [1.165, 1.54) is 4.90 Å². The molecule has 1 fully saturated rings. The molecule has 4 nitrogen and oxygen atoms in total. The van der Waals surface area contributed by atoms with E-state index in [1.807, 2.05) is 18.2 Å². The van der Waals surface area contributed by atoms with Crippen LogP contribution < -0.4 is 5.32 Å². The first-order chi connectivity index (χ1) is 9.68. The van der Waals surface area contributed by atoms with Crippen LogP contribution in [0.4, 0.5) is 0 Å². The molecule has 1 aromatic carbocycles. The summed E-state index contributed by atoms with van der Waals surface area (Å²) in [6, 6.07) is 9.84. The van der Waals surface area contributed by atoms with Crippen molar-refractivity contribution in [3.8, 4) is 0 Å². The van der Waals surface area contributed by atoms with Gasteiger partial charge in [-0.3, -0.25) is 9.59 Å². The summed E-state index contributed by atoms with van der Waals surface area (Å²) < 4.78 is 0. The largest absolute Gasteiger partial charge is 0.353 e. The number of nitrogens with one attached hydrogen (secondary N) is 1. The minimum absolute atomic E-state index is 0.0525. The Morgan fingerprint density at radius 1 is 1.40 bits per heavy atom. The Morgan fingerprint density at radius 3 is 2.90 bits per heavy atom. The van der Waals surface area contributed by atoms with Gasteiger partial charge in [0, 0.05) is 24.4 Å². The summed E-state index contributed by atoms with van der Waals surface area (Å²) in [5.74, 6) is 0.953. The number of hydrogen-bond donors (Lipinski definition) is 1. The topological polar surface area (TPSA) is 49.4 Å². The highest BCUT2D eigenvalue weighted by Crippen LogP contribution is 2.19. The quantitative estimate of drug-likeness (QED) is 0.666. The van der Waals surface area contributed by atoms with Crippen LogP contribution in [0.15, 0.2) is 35.2 Å². The maximum absolute atomic E-state index is 12.1. The third-order valence-electron chi connectivity index (χ3n) is 3.37. The van der Waals surface area contributed by atoms with Crippen molar-refractivity contribution in [1.82, 2.24) is 10.2 Å². The molecule has 0 aromatic heterocycles. The van der Waals surface area contributed by atoms with Crippen molar-refractivity contribution in [3.05, 3.63) is 30.3 Å². The highest BCUT2D eigenvalue weighted by atomic mass is 32.2. The summed E-state index contributed by atoms with van der Waals surface area (Å²) in [5, 5.41) is 2.77. The van der Waals surface area contributed by atoms with E-state index in [9.17, 15) is 9.59 Å². The van der Waals surface area contributed by atoms with Gasteiger partial charge in [-0.1, -0.05) is 18.2 Å². The smallest absolute Gasteiger partial charge is 0.242 e. The molecule has 2 rings (SSSR count). The van der Waals surface area contributed by atoms with Crippen LogP contribution in [0.2, 0.25) is 0 Å². The van der Waals surface area contributed by atoms with Gasteiger partial charge in [0.15, 0.2) is 0 Å². The fraction of sp³-hybridized carbons (Fsp3) is 0.467. The van der Waals surface area contributed by atoms with Crippen molar-refractivity contribution < 1.29 is 9.59 Å². The van der Waals surface area contributed by atoms with Crippen molar-refractivity contribution in [2.45, 2.75) is 30.7 Å². The molecule has 20 heavy (non-hydrogen) atoms. The predicted octanol–water partition coefficient (Wildman–Crippen LogP) is 1.91. The van der Waals surface area contributed by atoms with Crippen LogP contribution in [0, 0.1) is 0 Å². The first-order valence-corrected chi connectivity index (χ1v) is 7.92. The second kappa shape index (κ2) is 7.33. The van der Waals surface area contributed by atoms with E-state index in [0.29, 0.717) is 19.5 Å². The summed E-state index contributed by atoms with van der Waals surface area (Å²) in [4.78, 5) is 26.5. The van der Waals surface area contributed by atoms with Gasteiger partial charge in [-0.25, -0.2) is 0 Å². The SMILES string of the molecule is C[C@@H]1C(=O)NCCN1C(=O)CCCSc1ccccc1. The first kappa shape index (κ1) is 14.9. The molecule has 0 unspecified atom stereocenters. The number of carbonyl (C=O) groups excluding carboxylic acids is 2. The standard InChI is InChI=1S/C15H20N2O2S/c1-12-15(19)16-9-10-17(12)14(18)8-5-11-20-13-6-3-2-4-7-13/h2-4,6-7,12H,5,8-11H2,1H3,(H,16,19)/t12-/m1/s1. The first-order valence-electron chi connectivity index (χ1n) is 6.93. The highest BCUT2D eigenvalue weighted by molar-refractivity contribution is 7.99. The lowest BCUT2D eigenvalue weighted by Crippen LogP contribution is -2.55. The summed E-state index contributed by atoms with van der Waals surface area (Å²) >= 11 is 1.76. The zero-order valence-corrected chi connectivity index (χ0v) is 12.5. The molecule has 0 radical (unpaired) electrons. The summed E-state index contributed by atoms with van der Waals surface area (Å²) in [7, 11) is 0. The number of thioether (sulfide) groups is 1. The molecule has 0 bridgehead atoms. The Kier molecular flexibility index (Phi) is 5.47. The van der Waals surface area contributed by atoms with E-state index >= 15 is 0 Å². The lowest BCUT2D eigenvalue weighted by atomic mass is 10.2. The summed E-state index contributed by atoms with van der Waals surface area (Å²) in [6.07, 6.45) is 1.35. The molecule has 1 aromatic rings. The van der Waals surface area contributed by atoms with Gasteiger partial charge in [0.05, 0.1) is 0 Å². The Morgan fingerprint density at radius 2 is 2.15 bits per heavy atom. The van der Waals surface area contributed by atoms with Gasteiger partial charge in [-0.2, -0.15) is 0 Å². The summed E-state index contributed by atoms with van der Waals surface area (Å²) in [6.45, 7) is 2.97. The average molecular weight is 292 g/mol. The third kappa shape index (κ3) is 4.00. The van der Waals surface area contributed by atoms with Crippen molar-refractivity contribution in [1.29, 1.82) is 0 Å². The Bertz CT molecular complexity index is 464. The van der Waals surface area contributed by atoms with Crippen LogP contribution in [0.25, 0.3) is 0 Å². The molecule has 0 aliphatic carbocycles. The van der Waals surface area contributed by atoms with Gasteiger partial charge in [0.2, 0.25) is 11.8 Å². The van der Waals surface area contributed by atoms with Gasteiger partial charge < -0.3 is 10.2 Å². The van der Waals surface area contributed by atoms with Gasteiger partial charge in [-0.15, -0.1) is 11.8 Å². The number of nitrogens with zero attached hydrogens (tertiary/aromatic N) is 1. The van der Waals surface area contributed by atoms with Gasteiger partial charge in [0.1, 0.15) is 6.04 Å². The van der Waals surface area contributed by atoms with Gasteiger partial charge >= 0.3 is 0 Å². The molecule has 108 valence electrons. The van der Waals surface area contributed by atoms with Crippen molar-refractivity contribution >= 4 is 23.6 Å². The Hall–Kier alpha value is -1.49. The van der Waals surface area contributed by atoms with Crippen molar-refractivity contribution in [2.24, 2.45) is 0 Å². The monoisotopic (exact) mass is 292 g/mol. The highest BCUT2D eigenvalue weighted by Gasteiger charge is 2.28. The fourth-order valence-electron chi connectivity index (χ4n) is 2.20. The number of amides is 2. The van der Waals surface area contributed by atoms with Crippen molar-refractivity contribution in [3.63, 3.8) is 0 Å². The predicted molar refractivity (Wildman–Crippen MR) is 80.6 cm³/mol. The van der Waals surface area contributed by atoms with Crippen LogP contribution >= 0.6 is 11.8 Å². The van der Waals surface area contributed by atoms with Crippen molar-refractivity contribution in [2.75, 3.05) is 18.8 Å². The molecular formula is C15H20N2O2S. The maximum Gasteiger partial charge on any atom is 0.242 e. The van der Waals surface area contributed by atoms with Gasteiger partial charge in [0.25, 0.3) is 0 Å². The molecular weight excluding hydrogens is 272 g/mol. The fourth-order valence-corrected chi connectivity index (χ4v) is 3.07. The molecule has 1 atom stereocenters. The zero-order chi connectivity index (χ0) is 14.4. The second-order valence-corrected chi connectivity index (χ2v) is 5.99. The molecule has 0 spiro atoms. The van der Waals surface area contributed by atoms with Crippen LogP contribution in [0.5, 0.6) is 0 Å². The number of carbonyl (C=O) groups is 2. The number of benzene rings is 1. The van der Waals surface area contributed by atoms with E-state index in [0.717, 1.165) is 12.2 Å². The Labute approximate surface area is 123 Å². The van der Waals surface area contributed by atoms with E-state index in [2.05, 4.69) is 17.4 Å². The van der Waals surface area contributed by atoms with E-state index < -0.39 is 0 Å². The number of piperazine rings is 1. The van der Waals surface area contributed by atoms with Crippen LogP contribution in [0.3, 0.4) is 0 Å². The minimum atomic E-state index is -0.335. The molecule has 1 aliphatic rings. The lowest BCUT2D eigenvalue weighted by molar-refractivity contribution is -0.142. The second-order valence-electron chi connectivity index (χ2n) is 4.82. The maximum atomic E-state index is 12.1. The molecule has 1 saturated heterocycles. The number of hydrogen-bond acceptors (Lipinski definition) is 3. The zero-order valence-electron chi connectivity index (χ0n) is 11.7. The molecule has 1 heterocycles. The Balaban J connectivity index is 1.71. The van der Waals surface area contributed by atoms with Crippen LogP contribution in [0.1, 0.15) is 19.8 Å². The minimum Gasteiger partial charge on any atom is -0.353 e. The summed E-state index contributed by atoms with van der Waals surface area (Å²) in [5.41, 5.74) is 0. The molecule has 2 amide bonds. The third-order valence-corrected chi connectivity index (χ3v) is 4.46. The van der Waals surface area contributed by atoms with Crippen LogP contribution in [-0.4, -0.2) is 41.6 Å². The van der Waals surface area contributed by atoms with E-state index in [4.69, 9.17) is 0 Å². The lowest BCUT2D eigenvalue weighted by Gasteiger charge is -2.32. The van der Waals surface area contributed by atoms with E-state index in [1.54, 1.807) is 23.6 Å². The van der Waals surface area contributed by atoms with Crippen LogP contribution in [-0.2, 0) is 9.59 Å². The van der Waals surface area contributed by atoms with Gasteiger partial charge in [-0.05, 0) is 31.2 Å². The normalized spacial score (nSPS) is 18.8. The average Bonchev–Trinajstić information content (AvgIpc) is 2.47. The number of rotatable bonds is 5.